The molecule has 0 saturated heterocycles. The van der Waals surface area contributed by atoms with E-state index in [-0.39, 0.29) is 11.2 Å². The van der Waals surface area contributed by atoms with E-state index in [1.807, 2.05) is 0 Å². The van der Waals surface area contributed by atoms with Gasteiger partial charge in [0.05, 0.1) is 0 Å². The molecule has 0 bridgehead atoms. The summed E-state index contributed by atoms with van der Waals surface area (Å²) in [6, 6.07) is 0. The predicted octanol–water partition coefficient (Wildman–Crippen LogP) is 11.9. The Morgan fingerprint density at radius 3 is 0.857 bits per heavy atom. The van der Waals surface area contributed by atoms with Gasteiger partial charge in [-0.1, -0.05) is 55.4 Å². The number of benzene rings is 2. The van der Waals surface area contributed by atoms with Gasteiger partial charge in [0.25, 0.3) is 0 Å². The van der Waals surface area contributed by atoms with Crippen LogP contribution in [0.15, 0.2) is 0 Å². The average Bonchev–Trinajstić information content (AvgIpc) is 2.88. The van der Waals surface area contributed by atoms with Gasteiger partial charge >= 0.3 is 0 Å². The van der Waals surface area contributed by atoms with Gasteiger partial charge < -0.3 is 9.47 Å². The van der Waals surface area contributed by atoms with Crippen LogP contribution >= 0.6 is 0 Å². The standard InChI is InChI=1S/C40H62O2/c1-19-21(3)25(7)33-31(23(19)5)27(9)29(11)37(41-39(13,14)15)35(33)36-34-26(8)22(4)20(2)24(6)32(34)28(10)30(12)38(36)42-40(16,17)18/h19-26H,1-18H3. The first kappa shape index (κ1) is 32.9. The number of rotatable bonds is 3. The molecule has 8 atom stereocenters. The normalized spacial score (nSPS) is 29.7. The summed E-state index contributed by atoms with van der Waals surface area (Å²) in [5, 5.41) is 0. The molecule has 0 aromatic heterocycles. The van der Waals surface area contributed by atoms with Gasteiger partial charge in [-0.15, -0.1) is 0 Å². The highest BCUT2D eigenvalue weighted by Crippen LogP contribution is 2.60. The Morgan fingerprint density at radius 2 is 0.619 bits per heavy atom. The highest BCUT2D eigenvalue weighted by Gasteiger charge is 2.44. The summed E-state index contributed by atoms with van der Waals surface area (Å²) in [4.78, 5) is 0. The number of hydrogen-bond acceptors (Lipinski definition) is 2. The predicted molar refractivity (Wildman–Crippen MR) is 182 cm³/mol. The summed E-state index contributed by atoms with van der Waals surface area (Å²) in [6.45, 7) is 42.2. The van der Waals surface area contributed by atoms with Crippen LogP contribution in [0.4, 0.5) is 0 Å². The molecular weight excluding hydrogens is 512 g/mol. The summed E-state index contributed by atoms with van der Waals surface area (Å²) in [5.74, 6) is 6.29. The molecule has 0 N–H and O–H groups in total. The third-order valence-corrected chi connectivity index (χ3v) is 11.9. The fourth-order valence-electron chi connectivity index (χ4n) is 8.39. The van der Waals surface area contributed by atoms with Gasteiger partial charge in [-0.25, -0.2) is 0 Å². The third-order valence-electron chi connectivity index (χ3n) is 11.9. The monoisotopic (exact) mass is 574 g/mol. The Bertz CT molecular complexity index is 1260. The first-order valence-electron chi connectivity index (χ1n) is 16.8. The molecule has 2 nitrogen and oxygen atoms in total. The number of ether oxygens (including phenoxy) is 2. The lowest BCUT2D eigenvalue weighted by atomic mass is 9.60. The van der Waals surface area contributed by atoms with Crippen LogP contribution in [-0.2, 0) is 0 Å². The second-order valence-electron chi connectivity index (χ2n) is 16.6. The van der Waals surface area contributed by atoms with Crippen molar-refractivity contribution in [3.05, 3.63) is 44.5 Å². The molecule has 0 fully saturated rings. The Labute approximate surface area is 259 Å². The molecule has 0 saturated carbocycles. The Morgan fingerprint density at radius 1 is 0.381 bits per heavy atom. The Kier molecular flexibility index (Phi) is 8.54. The van der Waals surface area contributed by atoms with Crippen molar-refractivity contribution in [2.24, 2.45) is 23.7 Å². The average molecular weight is 575 g/mol. The summed E-state index contributed by atoms with van der Waals surface area (Å²) in [6.07, 6.45) is 0. The van der Waals surface area contributed by atoms with Crippen molar-refractivity contribution < 1.29 is 9.47 Å². The molecule has 2 aromatic carbocycles. The van der Waals surface area contributed by atoms with Gasteiger partial charge in [-0.2, -0.15) is 0 Å². The van der Waals surface area contributed by atoms with Crippen molar-refractivity contribution in [1.82, 2.24) is 0 Å². The van der Waals surface area contributed by atoms with Crippen molar-refractivity contribution in [2.75, 3.05) is 0 Å². The summed E-state index contributed by atoms with van der Waals surface area (Å²) >= 11 is 0. The van der Waals surface area contributed by atoms with Crippen molar-refractivity contribution in [1.29, 1.82) is 0 Å². The minimum absolute atomic E-state index is 0.325. The molecule has 2 aliphatic rings. The second kappa shape index (κ2) is 10.9. The zero-order valence-electron chi connectivity index (χ0n) is 30.4. The van der Waals surface area contributed by atoms with Crippen LogP contribution in [0.1, 0.15) is 165 Å². The maximum Gasteiger partial charge on any atom is 0.131 e. The van der Waals surface area contributed by atoms with Crippen LogP contribution in [-0.4, -0.2) is 11.2 Å². The summed E-state index contributed by atoms with van der Waals surface area (Å²) < 4.78 is 14.2. The zero-order chi connectivity index (χ0) is 32.0. The van der Waals surface area contributed by atoms with Gasteiger partial charge in [0.1, 0.15) is 22.7 Å². The molecule has 0 amide bonds. The lowest BCUT2D eigenvalue weighted by Crippen LogP contribution is -2.33. The summed E-state index contributed by atoms with van der Waals surface area (Å²) in [7, 11) is 0. The molecule has 2 aromatic rings. The lowest BCUT2D eigenvalue weighted by Gasteiger charge is -2.45. The molecule has 8 unspecified atom stereocenters. The van der Waals surface area contributed by atoms with E-state index in [0.29, 0.717) is 47.3 Å². The van der Waals surface area contributed by atoms with Gasteiger partial charge in [-0.3, -0.25) is 0 Å². The van der Waals surface area contributed by atoms with E-state index < -0.39 is 0 Å². The molecular formula is C40H62O2. The maximum atomic E-state index is 7.11. The Hall–Kier alpha value is -1.96. The Balaban J connectivity index is 2.35. The SMILES string of the molecule is Cc1c(C)c2c(c(-c3c(OC(C)(C)C)c(C)c(C)c4c3C(C)C(C)C(C)C4C)c1OC(C)(C)C)C(C)C(C)C(C)C2C. The molecule has 0 radical (unpaired) electrons. The lowest BCUT2D eigenvalue weighted by molar-refractivity contribution is 0.126. The molecule has 0 spiro atoms. The topological polar surface area (TPSA) is 18.5 Å². The van der Waals surface area contributed by atoms with Gasteiger partial charge in [0.2, 0.25) is 0 Å². The van der Waals surface area contributed by atoms with Crippen molar-refractivity contribution >= 4 is 0 Å². The maximum absolute atomic E-state index is 7.11. The zero-order valence-corrected chi connectivity index (χ0v) is 30.4. The minimum atomic E-state index is -0.325. The van der Waals surface area contributed by atoms with E-state index in [2.05, 4.69) is 125 Å². The molecule has 4 rings (SSSR count). The quantitative estimate of drug-likeness (QED) is 0.363. The van der Waals surface area contributed by atoms with E-state index in [4.69, 9.17) is 9.47 Å². The van der Waals surface area contributed by atoms with E-state index in [1.165, 1.54) is 44.5 Å². The van der Waals surface area contributed by atoms with E-state index >= 15 is 0 Å². The highest BCUT2D eigenvalue weighted by atomic mass is 16.5. The summed E-state index contributed by atoms with van der Waals surface area (Å²) in [5.41, 5.74) is 13.5. The van der Waals surface area contributed by atoms with E-state index in [1.54, 1.807) is 11.1 Å². The molecule has 234 valence electrons. The first-order valence-corrected chi connectivity index (χ1v) is 16.8. The smallest absolute Gasteiger partial charge is 0.131 e. The van der Waals surface area contributed by atoms with E-state index in [9.17, 15) is 0 Å². The fourth-order valence-corrected chi connectivity index (χ4v) is 8.39. The van der Waals surface area contributed by atoms with Crippen molar-refractivity contribution in [3.63, 3.8) is 0 Å². The third kappa shape index (κ3) is 5.21. The van der Waals surface area contributed by atoms with Crippen molar-refractivity contribution in [2.45, 2.75) is 160 Å². The van der Waals surface area contributed by atoms with Crippen molar-refractivity contribution in [3.8, 4) is 22.6 Å². The first-order chi connectivity index (χ1) is 19.1. The number of hydrogen-bond donors (Lipinski definition) is 0. The van der Waals surface area contributed by atoms with Crippen LogP contribution in [0.5, 0.6) is 11.5 Å². The largest absolute Gasteiger partial charge is 0.487 e. The van der Waals surface area contributed by atoms with E-state index in [0.717, 1.165) is 11.5 Å². The van der Waals surface area contributed by atoms with Crippen LogP contribution in [0, 0.1) is 51.4 Å². The second-order valence-corrected chi connectivity index (χ2v) is 16.6. The number of fused-ring (bicyclic) bond motifs is 2. The fraction of sp³-hybridized carbons (Fsp3) is 0.700. The molecule has 2 aliphatic carbocycles. The van der Waals surface area contributed by atoms with Gasteiger partial charge in [0, 0.05) is 11.1 Å². The highest BCUT2D eigenvalue weighted by molar-refractivity contribution is 5.88. The van der Waals surface area contributed by atoms with Crippen LogP contribution in [0.3, 0.4) is 0 Å². The van der Waals surface area contributed by atoms with Crippen LogP contribution in [0.25, 0.3) is 11.1 Å². The van der Waals surface area contributed by atoms with Gasteiger partial charge in [0.15, 0.2) is 0 Å². The van der Waals surface area contributed by atoms with Crippen LogP contribution < -0.4 is 9.47 Å². The molecule has 0 aliphatic heterocycles. The molecule has 42 heavy (non-hydrogen) atoms. The van der Waals surface area contributed by atoms with Crippen LogP contribution in [0.2, 0.25) is 0 Å². The minimum Gasteiger partial charge on any atom is -0.487 e. The molecule has 2 heteroatoms. The van der Waals surface area contributed by atoms with Gasteiger partial charge in [-0.05, 0) is 161 Å². The molecule has 0 heterocycles.